The van der Waals surface area contributed by atoms with Crippen molar-refractivity contribution in [2.24, 2.45) is 0 Å². The van der Waals surface area contributed by atoms with Gasteiger partial charge in [-0.25, -0.2) is 4.79 Å². The molecule has 4 nitrogen and oxygen atoms in total. The molecular formula is C12H14N2O2. The maximum atomic E-state index is 11.8. The molecule has 0 fully saturated rings. The first-order chi connectivity index (χ1) is 7.81. The summed E-state index contributed by atoms with van der Waals surface area (Å²) in [6, 6.07) is 9.89. The number of aromatic nitrogens is 2. The van der Waals surface area contributed by atoms with E-state index in [1.54, 1.807) is 24.1 Å². The zero-order valence-corrected chi connectivity index (χ0v) is 9.17. The number of nitrogens with zero attached hydrogens (tertiary/aromatic N) is 2. The SMILES string of the molecule is COCn1ccn(Cc2ccccc2)c1=O. The van der Waals surface area contributed by atoms with Gasteiger partial charge in [0.2, 0.25) is 0 Å². The van der Waals surface area contributed by atoms with Gasteiger partial charge in [0, 0.05) is 19.5 Å². The molecule has 1 heterocycles. The van der Waals surface area contributed by atoms with E-state index in [1.165, 1.54) is 4.57 Å². The smallest absolute Gasteiger partial charge is 0.330 e. The van der Waals surface area contributed by atoms with E-state index in [9.17, 15) is 4.79 Å². The fraction of sp³-hybridized carbons (Fsp3) is 0.250. The second kappa shape index (κ2) is 4.81. The van der Waals surface area contributed by atoms with Crippen LogP contribution in [0.4, 0.5) is 0 Å². The molecular weight excluding hydrogens is 204 g/mol. The predicted molar refractivity (Wildman–Crippen MR) is 61.2 cm³/mol. The van der Waals surface area contributed by atoms with Gasteiger partial charge in [0.05, 0.1) is 6.54 Å². The van der Waals surface area contributed by atoms with Crippen molar-refractivity contribution in [3.63, 3.8) is 0 Å². The molecule has 0 saturated heterocycles. The molecule has 1 aromatic carbocycles. The molecule has 1 aromatic heterocycles. The number of benzene rings is 1. The summed E-state index contributed by atoms with van der Waals surface area (Å²) >= 11 is 0. The van der Waals surface area contributed by atoms with Gasteiger partial charge >= 0.3 is 5.69 Å². The Balaban J connectivity index is 2.20. The normalized spacial score (nSPS) is 10.6. The van der Waals surface area contributed by atoms with Crippen molar-refractivity contribution in [2.75, 3.05) is 7.11 Å². The number of rotatable bonds is 4. The van der Waals surface area contributed by atoms with Gasteiger partial charge in [0.1, 0.15) is 6.73 Å². The Morgan fingerprint density at radius 2 is 1.81 bits per heavy atom. The fourth-order valence-electron chi connectivity index (χ4n) is 1.59. The average molecular weight is 218 g/mol. The van der Waals surface area contributed by atoms with Crippen LogP contribution in [0, 0.1) is 0 Å². The molecule has 0 aliphatic rings. The summed E-state index contributed by atoms with van der Waals surface area (Å²) in [7, 11) is 1.57. The first kappa shape index (κ1) is 10.7. The van der Waals surface area contributed by atoms with Gasteiger partial charge in [-0.15, -0.1) is 0 Å². The molecule has 0 aliphatic heterocycles. The summed E-state index contributed by atoms with van der Waals surface area (Å²) in [6.45, 7) is 0.886. The lowest BCUT2D eigenvalue weighted by Gasteiger charge is -2.01. The van der Waals surface area contributed by atoms with E-state index < -0.39 is 0 Å². The van der Waals surface area contributed by atoms with Crippen LogP contribution in [-0.2, 0) is 18.0 Å². The highest BCUT2D eigenvalue weighted by molar-refractivity contribution is 5.15. The molecule has 16 heavy (non-hydrogen) atoms. The first-order valence-electron chi connectivity index (χ1n) is 5.09. The van der Waals surface area contributed by atoms with Crippen molar-refractivity contribution >= 4 is 0 Å². The number of methoxy groups -OCH3 is 1. The third-order valence-electron chi connectivity index (χ3n) is 2.38. The maximum absolute atomic E-state index is 11.8. The molecule has 4 heteroatoms. The lowest BCUT2D eigenvalue weighted by Crippen LogP contribution is -2.24. The molecule has 0 aliphatic carbocycles. The molecule has 0 radical (unpaired) electrons. The average Bonchev–Trinajstić information content (AvgIpc) is 2.64. The van der Waals surface area contributed by atoms with Crippen LogP contribution in [0.1, 0.15) is 5.56 Å². The highest BCUT2D eigenvalue weighted by Gasteiger charge is 2.02. The third-order valence-corrected chi connectivity index (χ3v) is 2.38. The van der Waals surface area contributed by atoms with E-state index in [-0.39, 0.29) is 5.69 Å². The third kappa shape index (κ3) is 2.23. The zero-order valence-electron chi connectivity index (χ0n) is 9.17. The van der Waals surface area contributed by atoms with Crippen molar-refractivity contribution in [2.45, 2.75) is 13.3 Å². The van der Waals surface area contributed by atoms with Gasteiger partial charge in [-0.05, 0) is 5.56 Å². The van der Waals surface area contributed by atoms with Crippen LogP contribution < -0.4 is 5.69 Å². The summed E-state index contributed by atoms with van der Waals surface area (Å²) < 4.78 is 8.11. The Kier molecular flexibility index (Phi) is 3.22. The Hall–Kier alpha value is -1.81. The standard InChI is InChI=1S/C12H14N2O2/c1-16-10-14-8-7-13(12(14)15)9-11-5-3-2-4-6-11/h2-8H,9-10H2,1H3. The van der Waals surface area contributed by atoms with Crippen LogP contribution in [0.5, 0.6) is 0 Å². The van der Waals surface area contributed by atoms with Gasteiger partial charge in [-0.1, -0.05) is 30.3 Å². The minimum atomic E-state index is -0.0503. The summed E-state index contributed by atoms with van der Waals surface area (Å²) in [4.78, 5) is 11.8. The van der Waals surface area contributed by atoms with Crippen LogP contribution in [0.3, 0.4) is 0 Å². The minimum absolute atomic E-state index is 0.0503. The van der Waals surface area contributed by atoms with Gasteiger partial charge < -0.3 is 4.74 Å². The molecule has 0 amide bonds. The van der Waals surface area contributed by atoms with Crippen molar-refractivity contribution in [1.82, 2.24) is 9.13 Å². The Bertz CT molecular complexity index is 499. The molecule has 84 valence electrons. The zero-order chi connectivity index (χ0) is 11.4. The van der Waals surface area contributed by atoms with Gasteiger partial charge in [-0.2, -0.15) is 0 Å². The number of ether oxygens (including phenoxy) is 1. The predicted octanol–water partition coefficient (Wildman–Crippen LogP) is 1.30. The van der Waals surface area contributed by atoms with Crippen molar-refractivity contribution < 1.29 is 4.74 Å². The fourth-order valence-corrected chi connectivity index (χ4v) is 1.59. The number of hydrogen-bond donors (Lipinski definition) is 0. The van der Waals surface area contributed by atoms with Crippen molar-refractivity contribution in [3.05, 3.63) is 58.8 Å². The van der Waals surface area contributed by atoms with Crippen LogP contribution in [0.25, 0.3) is 0 Å². The molecule has 2 rings (SSSR count). The monoisotopic (exact) mass is 218 g/mol. The molecule has 0 bridgehead atoms. The summed E-state index contributed by atoms with van der Waals surface area (Å²) in [5.41, 5.74) is 1.06. The van der Waals surface area contributed by atoms with E-state index in [4.69, 9.17) is 4.74 Å². The molecule has 0 N–H and O–H groups in total. The van der Waals surface area contributed by atoms with E-state index >= 15 is 0 Å². The highest BCUT2D eigenvalue weighted by atomic mass is 16.5. The van der Waals surface area contributed by atoms with Crippen molar-refractivity contribution in [3.8, 4) is 0 Å². The second-order valence-electron chi connectivity index (χ2n) is 3.58. The summed E-state index contributed by atoms with van der Waals surface area (Å²) in [5, 5.41) is 0. The van der Waals surface area contributed by atoms with Gasteiger partial charge in [0.15, 0.2) is 0 Å². The van der Waals surface area contributed by atoms with E-state index in [0.717, 1.165) is 5.56 Å². The molecule has 0 spiro atoms. The van der Waals surface area contributed by atoms with Crippen LogP contribution in [0.2, 0.25) is 0 Å². The quantitative estimate of drug-likeness (QED) is 0.775. The van der Waals surface area contributed by atoms with Crippen LogP contribution in [-0.4, -0.2) is 16.2 Å². The summed E-state index contributed by atoms with van der Waals surface area (Å²) in [6.07, 6.45) is 3.50. The lowest BCUT2D eigenvalue weighted by molar-refractivity contribution is 0.128. The highest BCUT2D eigenvalue weighted by Crippen LogP contribution is 2.00. The molecule has 0 atom stereocenters. The van der Waals surface area contributed by atoms with Crippen molar-refractivity contribution in [1.29, 1.82) is 0 Å². The van der Waals surface area contributed by atoms with Crippen LogP contribution >= 0.6 is 0 Å². The van der Waals surface area contributed by atoms with Gasteiger partial charge in [0.25, 0.3) is 0 Å². The number of hydrogen-bond acceptors (Lipinski definition) is 2. The minimum Gasteiger partial charge on any atom is -0.364 e. The molecule has 0 unspecified atom stereocenters. The molecule has 0 saturated carbocycles. The summed E-state index contributed by atoms with van der Waals surface area (Å²) in [5.74, 6) is 0. The van der Waals surface area contributed by atoms with Crippen LogP contribution in [0.15, 0.2) is 47.5 Å². The topological polar surface area (TPSA) is 36.2 Å². The first-order valence-corrected chi connectivity index (χ1v) is 5.09. The molecule has 2 aromatic rings. The van der Waals surface area contributed by atoms with E-state index in [2.05, 4.69) is 0 Å². The van der Waals surface area contributed by atoms with E-state index in [1.807, 2.05) is 30.3 Å². The number of imidazole rings is 1. The maximum Gasteiger partial charge on any atom is 0.330 e. The Labute approximate surface area is 93.7 Å². The Morgan fingerprint density at radius 3 is 2.50 bits per heavy atom. The second-order valence-corrected chi connectivity index (χ2v) is 3.58. The lowest BCUT2D eigenvalue weighted by atomic mass is 10.2. The van der Waals surface area contributed by atoms with E-state index in [0.29, 0.717) is 13.3 Å². The van der Waals surface area contributed by atoms with Gasteiger partial charge in [-0.3, -0.25) is 9.13 Å². The largest absolute Gasteiger partial charge is 0.364 e. The Morgan fingerprint density at radius 1 is 1.12 bits per heavy atom.